The van der Waals surface area contributed by atoms with E-state index in [0.717, 1.165) is 10.5 Å². The number of fused-ring (bicyclic) bond motifs is 1. The summed E-state index contributed by atoms with van der Waals surface area (Å²) in [4.78, 5) is 17.1. The van der Waals surface area contributed by atoms with Crippen LogP contribution >= 0.6 is 0 Å². The van der Waals surface area contributed by atoms with E-state index in [1.54, 1.807) is 6.07 Å². The van der Waals surface area contributed by atoms with Crippen molar-refractivity contribution in [3.8, 4) is 5.75 Å². The number of pyridine rings is 1. The maximum atomic E-state index is 11.8. The molecule has 5 heteroatoms. The number of aromatic nitrogens is 1. The molecule has 0 saturated heterocycles. The Hall–Kier alpha value is -1.52. The van der Waals surface area contributed by atoms with E-state index in [4.69, 9.17) is 12.7 Å². The average molecular weight is 216 g/mol. The number of carbonyl (C=O) groups excluding carboxylic acids is 1. The lowest BCUT2D eigenvalue weighted by Gasteiger charge is -2.27. The molecule has 1 aliphatic rings. The normalized spacial score (nSPS) is 15.7. The average Bonchev–Trinajstić information content (AvgIpc) is 2.22. The van der Waals surface area contributed by atoms with E-state index < -0.39 is 0 Å². The molecule has 0 N–H and O–H groups in total. The Kier molecular flexibility index (Phi) is 2.41. The highest BCUT2D eigenvalue weighted by Crippen LogP contribution is 2.27. The molecule has 1 aromatic rings. The zero-order valence-corrected chi connectivity index (χ0v) is 9.65. The fourth-order valence-corrected chi connectivity index (χ4v) is 1.47. The SMILES string of the molecule is [B]N1COc2ccc(C(C)(C)C)nc2C1=O. The summed E-state index contributed by atoms with van der Waals surface area (Å²) in [6.07, 6.45) is 0. The van der Waals surface area contributed by atoms with Crippen LogP contribution in [0, 0.1) is 0 Å². The van der Waals surface area contributed by atoms with Crippen molar-refractivity contribution >= 4 is 13.9 Å². The second-order valence-corrected chi connectivity index (χ2v) is 4.84. The molecule has 0 bridgehead atoms. The summed E-state index contributed by atoms with van der Waals surface area (Å²) in [7, 11) is 5.47. The Labute approximate surface area is 96.0 Å². The molecular formula is C11H13BN2O2. The Balaban J connectivity index is 2.49. The van der Waals surface area contributed by atoms with Gasteiger partial charge in [0.1, 0.15) is 0 Å². The zero-order valence-electron chi connectivity index (χ0n) is 9.65. The summed E-state index contributed by atoms with van der Waals surface area (Å²) in [6.45, 7) is 6.19. The predicted octanol–water partition coefficient (Wildman–Crippen LogP) is 1.25. The molecule has 0 unspecified atom stereocenters. The summed E-state index contributed by atoms with van der Waals surface area (Å²) in [5, 5.41) is 0. The molecule has 1 aromatic heterocycles. The summed E-state index contributed by atoms with van der Waals surface area (Å²) in [5.74, 6) is 0.201. The quantitative estimate of drug-likeness (QED) is 0.613. The van der Waals surface area contributed by atoms with Crippen molar-refractivity contribution in [2.75, 3.05) is 6.73 Å². The number of amides is 1. The molecule has 0 aliphatic carbocycles. The van der Waals surface area contributed by atoms with E-state index in [9.17, 15) is 4.79 Å². The van der Waals surface area contributed by atoms with Gasteiger partial charge in [-0.15, -0.1) is 0 Å². The summed E-state index contributed by atoms with van der Waals surface area (Å²) in [5.41, 5.74) is 1.03. The lowest BCUT2D eigenvalue weighted by atomic mass is 9.91. The van der Waals surface area contributed by atoms with Gasteiger partial charge in [0.2, 0.25) is 7.98 Å². The molecule has 0 saturated carbocycles. The Morgan fingerprint density at radius 1 is 1.44 bits per heavy atom. The third kappa shape index (κ3) is 1.77. The molecule has 82 valence electrons. The summed E-state index contributed by atoms with van der Waals surface area (Å²) in [6, 6.07) is 3.64. The van der Waals surface area contributed by atoms with Crippen LogP contribution in [-0.4, -0.2) is 30.4 Å². The van der Waals surface area contributed by atoms with Gasteiger partial charge in [-0.2, -0.15) is 0 Å². The molecule has 4 nitrogen and oxygen atoms in total. The Morgan fingerprint density at radius 2 is 2.12 bits per heavy atom. The number of hydrogen-bond donors (Lipinski definition) is 0. The monoisotopic (exact) mass is 216 g/mol. The zero-order chi connectivity index (χ0) is 11.9. The first-order chi connectivity index (χ1) is 7.39. The van der Waals surface area contributed by atoms with Gasteiger partial charge in [-0.1, -0.05) is 20.8 Å². The fourth-order valence-electron chi connectivity index (χ4n) is 1.47. The van der Waals surface area contributed by atoms with Gasteiger partial charge in [-0.05, 0) is 12.1 Å². The predicted molar refractivity (Wildman–Crippen MR) is 60.4 cm³/mol. The van der Waals surface area contributed by atoms with Gasteiger partial charge in [0.05, 0.1) is 0 Å². The van der Waals surface area contributed by atoms with E-state index >= 15 is 0 Å². The third-order valence-electron chi connectivity index (χ3n) is 2.45. The Morgan fingerprint density at radius 3 is 2.75 bits per heavy atom. The summed E-state index contributed by atoms with van der Waals surface area (Å²) < 4.78 is 5.29. The second kappa shape index (κ2) is 3.51. The van der Waals surface area contributed by atoms with Crippen LogP contribution in [0.25, 0.3) is 0 Å². The molecule has 0 aromatic carbocycles. The topological polar surface area (TPSA) is 42.4 Å². The van der Waals surface area contributed by atoms with Gasteiger partial charge >= 0.3 is 0 Å². The van der Waals surface area contributed by atoms with Crippen LogP contribution in [0.3, 0.4) is 0 Å². The Bertz CT molecular complexity index is 440. The maximum absolute atomic E-state index is 11.8. The molecule has 1 aliphatic heterocycles. The van der Waals surface area contributed by atoms with E-state index in [1.807, 2.05) is 26.8 Å². The number of ether oxygens (including phenoxy) is 1. The van der Waals surface area contributed by atoms with Crippen LogP contribution in [0.1, 0.15) is 37.0 Å². The molecule has 16 heavy (non-hydrogen) atoms. The van der Waals surface area contributed by atoms with E-state index in [1.165, 1.54) is 0 Å². The van der Waals surface area contributed by atoms with Crippen LogP contribution in [0.4, 0.5) is 0 Å². The lowest BCUT2D eigenvalue weighted by Crippen LogP contribution is -2.37. The fraction of sp³-hybridized carbons (Fsp3) is 0.455. The molecule has 0 atom stereocenters. The first-order valence-electron chi connectivity index (χ1n) is 5.10. The van der Waals surface area contributed by atoms with E-state index in [2.05, 4.69) is 4.98 Å². The van der Waals surface area contributed by atoms with E-state index in [-0.39, 0.29) is 18.1 Å². The minimum atomic E-state index is -0.299. The van der Waals surface area contributed by atoms with Crippen molar-refractivity contribution in [3.63, 3.8) is 0 Å². The van der Waals surface area contributed by atoms with Crippen molar-refractivity contribution in [3.05, 3.63) is 23.5 Å². The lowest BCUT2D eigenvalue weighted by molar-refractivity contribution is 0.0712. The van der Waals surface area contributed by atoms with Crippen molar-refractivity contribution in [1.82, 2.24) is 9.79 Å². The van der Waals surface area contributed by atoms with E-state index in [0.29, 0.717) is 11.4 Å². The van der Waals surface area contributed by atoms with Crippen molar-refractivity contribution in [2.24, 2.45) is 0 Å². The largest absolute Gasteiger partial charge is 0.472 e. The molecular weight excluding hydrogens is 203 g/mol. The first kappa shape index (κ1) is 11.0. The second-order valence-electron chi connectivity index (χ2n) is 4.84. The molecule has 2 rings (SSSR count). The number of carbonyl (C=O) groups is 1. The highest BCUT2D eigenvalue weighted by atomic mass is 16.5. The van der Waals surface area contributed by atoms with Crippen LogP contribution in [0.2, 0.25) is 0 Å². The highest BCUT2D eigenvalue weighted by Gasteiger charge is 2.26. The minimum Gasteiger partial charge on any atom is -0.472 e. The summed E-state index contributed by atoms with van der Waals surface area (Å²) >= 11 is 0. The molecule has 0 spiro atoms. The van der Waals surface area contributed by atoms with Gasteiger partial charge in [0.15, 0.2) is 18.2 Å². The van der Waals surface area contributed by atoms with Crippen LogP contribution in [-0.2, 0) is 5.41 Å². The maximum Gasteiger partial charge on any atom is 0.265 e. The van der Waals surface area contributed by atoms with Crippen molar-refractivity contribution in [1.29, 1.82) is 0 Å². The highest BCUT2D eigenvalue weighted by molar-refractivity contribution is 6.18. The smallest absolute Gasteiger partial charge is 0.265 e. The van der Waals surface area contributed by atoms with Crippen molar-refractivity contribution < 1.29 is 9.53 Å². The minimum absolute atomic E-state index is 0.0718. The van der Waals surface area contributed by atoms with Crippen LogP contribution < -0.4 is 4.74 Å². The van der Waals surface area contributed by atoms with Crippen LogP contribution in [0.15, 0.2) is 12.1 Å². The number of rotatable bonds is 0. The van der Waals surface area contributed by atoms with Crippen molar-refractivity contribution in [2.45, 2.75) is 26.2 Å². The van der Waals surface area contributed by atoms with Gasteiger partial charge in [0.25, 0.3) is 5.91 Å². The third-order valence-corrected chi connectivity index (χ3v) is 2.45. The molecule has 2 heterocycles. The molecule has 0 fully saturated rings. The van der Waals surface area contributed by atoms with Crippen LogP contribution in [0.5, 0.6) is 5.75 Å². The van der Waals surface area contributed by atoms with Gasteiger partial charge in [-0.3, -0.25) is 4.79 Å². The molecule has 1 amide bonds. The standard InChI is InChI=1S/C11H13BN2O2/c1-11(2,3)8-5-4-7-9(13-8)10(15)14(12)6-16-7/h4-5H,6H2,1-3H3. The first-order valence-corrected chi connectivity index (χ1v) is 5.10. The van der Waals surface area contributed by atoms with Gasteiger partial charge < -0.3 is 9.55 Å². The molecule has 2 radical (unpaired) electrons. The number of hydrogen-bond acceptors (Lipinski definition) is 3. The number of nitrogens with zero attached hydrogens (tertiary/aromatic N) is 2. The van der Waals surface area contributed by atoms with Gasteiger partial charge in [-0.25, -0.2) is 4.98 Å². The van der Waals surface area contributed by atoms with Gasteiger partial charge in [0, 0.05) is 11.1 Å².